The fourth-order valence-corrected chi connectivity index (χ4v) is 5.38. The molecule has 1 aromatic heterocycles. The zero-order valence-corrected chi connectivity index (χ0v) is 18.4. The number of hydrogen-bond donors (Lipinski definition) is 1. The number of carbonyl (C=O) groups excluding carboxylic acids is 1. The van der Waals surface area contributed by atoms with E-state index in [0.29, 0.717) is 5.56 Å². The Kier molecular flexibility index (Phi) is 6.02. The quantitative estimate of drug-likeness (QED) is 0.606. The molecule has 1 aliphatic heterocycles. The van der Waals surface area contributed by atoms with Crippen LogP contribution in [-0.4, -0.2) is 41.3 Å². The van der Waals surface area contributed by atoms with Crippen molar-refractivity contribution in [2.45, 2.75) is 10.9 Å². The third-order valence-electron chi connectivity index (χ3n) is 5.39. The normalized spacial score (nSPS) is 19.2. The van der Waals surface area contributed by atoms with E-state index < -0.39 is 39.4 Å². The van der Waals surface area contributed by atoms with E-state index in [1.165, 1.54) is 57.8 Å². The van der Waals surface area contributed by atoms with Crippen LogP contribution in [-0.2, 0) is 21.9 Å². The summed E-state index contributed by atoms with van der Waals surface area (Å²) in [5.74, 6) is -2.82. The van der Waals surface area contributed by atoms with Gasteiger partial charge in [-0.05, 0) is 35.9 Å². The maximum Gasteiger partial charge on any atom is 0.262 e. The highest BCUT2D eigenvalue weighted by molar-refractivity contribution is 7.89. The third-order valence-corrected chi connectivity index (χ3v) is 7.40. The predicted molar refractivity (Wildman–Crippen MR) is 115 cm³/mol. The van der Waals surface area contributed by atoms with Crippen LogP contribution in [0.3, 0.4) is 0 Å². The number of hydrogen-bond acceptors (Lipinski definition) is 4. The Labute approximate surface area is 188 Å². The molecule has 7 nitrogen and oxygen atoms in total. The lowest BCUT2D eigenvalue weighted by Crippen LogP contribution is -2.32. The lowest BCUT2D eigenvalue weighted by molar-refractivity contribution is -0.119. The van der Waals surface area contributed by atoms with Gasteiger partial charge in [-0.15, -0.1) is 0 Å². The van der Waals surface area contributed by atoms with Crippen molar-refractivity contribution in [1.29, 1.82) is 0 Å². The molecule has 1 N–H and O–H groups in total. The lowest BCUT2D eigenvalue weighted by Gasteiger charge is -2.18. The topological polar surface area (TPSA) is 84.3 Å². The van der Waals surface area contributed by atoms with Crippen LogP contribution in [0.5, 0.6) is 0 Å². The van der Waals surface area contributed by atoms with Crippen LogP contribution in [0.15, 0.2) is 60.0 Å². The fourth-order valence-electron chi connectivity index (χ4n) is 3.74. The van der Waals surface area contributed by atoms with Crippen molar-refractivity contribution in [3.63, 3.8) is 0 Å². The smallest absolute Gasteiger partial charge is 0.262 e. The molecule has 2 atom stereocenters. The largest absolute Gasteiger partial charge is 0.339 e. The van der Waals surface area contributed by atoms with Gasteiger partial charge in [-0.1, -0.05) is 23.7 Å². The van der Waals surface area contributed by atoms with Crippen LogP contribution >= 0.6 is 11.6 Å². The summed E-state index contributed by atoms with van der Waals surface area (Å²) in [5.41, 5.74) is 0.910. The Morgan fingerprint density at radius 3 is 2.50 bits per heavy atom. The van der Waals surface area contributed by atoms with E-state index in [1.54, 1.807) is 7.05 Å². The predicted octanol–water partition coefficient (Wildman–Crippen LogP) is 3.39. The molecule has 1 saturated heterocycles. The number of nitrogens with zero attached hydrogens (tertiary/aromatic N) is 3. The molecule has 4 rings (SSSR count). The summed E-state index contributed by atoms with van der Waals surface area (Å²) in [6.07, 6.45) is 2.76. The van der Waals surface area contributed by atoms with Gasteiger partial charge in [0.15, 0.2) is 5.03 Å². The Balaban J connectivity index is 1.64. The van der Waals surface area contributed by atoms with E-state index in [2.05, 4.69) is 10.3 Å². The van der Waals surface area contributed by atoms with Crippen molar-refractivity contribution in [3.05, 3.63) is 77.2 Å². The molecule has 0 spiro atoms. The first-order valence-electron chi connectivity index (χ1n) is 9.64. The van der Waals surface area contributed by atoms with E-state index >= 15 is 0 Å². The van der Waals surface area contributed by atoms with Crippen LogP contribution in [0, 0.1) is 17.6 Å². The van der Waals surface area contributed by atoms with Gasteiger partial charge >= 0.3 is 0 Å². The molecule has 0 unspecified atom stereocenters. The second-order valence-electron chi connectivity index (χ2n) is 7.58. The Morgan fingerprint density at radius 1 is 1.16 bits per heavy atom. The number of carbonyl (C=O) groups is 1. The van der Waals surface area contributed by atoms with Gasteiger partial charge in [0, 0.05) is 37.9 Å². The molecule has 11 heteroatoms. The molecule has 2 aromatic carbocycles. The van der Waals surface area contributed by atoms with E-state index in [4.69, 9.17) is 11.6 Å². The lowest BCUT2D eigenvalue weighted by atomic mass is 9.88. The molecule has 1 aliphatic rings. The molecule has 0 saturated carbocycles. The Hall–Kier alpha value is -2.82. The van der Waals surface area contributed by atoms with Gasteiger partial charge in [0.05, 0.1) is 17.3 Å². The van der Waals surface area contributed by atoms with Crippen molar-refractivity contribution in [3.8, 4) is 0 Å². The maximum atomic E-state index is 13.4. The van der Waals surface area contributed by atoms with Gasteiger partial charge in [0.1, 0.15) is 11.6 Å². The first-order valence-corrected chi connectivity index (χ1v) is 11.5. The molecule has 0 bridgehead atoms. The summed E-state index contributed by atoms with van der Waals surface area (Å²) >= 11 is 5.79. The van der Waals surface area contributed by atoms with E-state index in [9.17, 15) is 22.0 Å². The minimum atomic E-state index is -3.94. The molecule has 32 heavy (non-hydrogen) atoms. The van der Waals surface area contributed by atoms with Gasteiger partial charge in [-0.2, -0.15) is 4.31 Å². The summed E-state index contributed by atoms with van der Waals surface area (Å²) in [4.78, 5) is 17.0. The van der Waals surface area contributed by atoms with E-state index in [0.717, 1.165) is 6.07 Å². The highest BCUT2D eigenvalue weighted by Gasteiger charge is 2.44. The average Bonchev–Trinajstić information content (AvgIpc) is 3.39. The number of aromatic nitrogens is 2. The number of anilines is 1. The number of nitrogens with one attached hydrogen (secondary N) is 1. The minimum absolute atomic E-state index is 0.0206. The van der Waals surface area contributed by atoms with E-state index in [-0.39, 0.29) is 28.8 Å². The van der Waals surface area contributed by atoms with Gasteiger partial charge < -0.3 is 9.88 Å². The molecule has 0 aliphatic carbocycles. The highest BCUT2D eigenvalue weighted by Crippen LogP contribution is 2.36. The molecule has 168 valence electrons. The summed E-state index contributed by atoms with van der Waals surface area (Å²) in [5, 5.41) is 2.40. The summed E-state index contributed by atoms with van der Waals surface area (Å²) in [7, 11) is -2.29. The first-order chi connectivity index (χ1) is 15.1. The molecule has 3 aromatic rings. The van der Waals surface area contributed by atoms with Crippen molar-refractivity contribution < 1.29 is 22.0 Å². The zero-order valence-electron chi connectivity index (χ0n) is 16.9. The number of rotatable bonds is 5. The number of benzene rings is 2. The molecule has 1 fully saturated rings. The van der Waals surface area contributed by atoms with Gasteiger partial charge in [0.2, 0.25) is 5.91 Å². The minimum Gasteiger partial charge on any atom is -0.339 e. The van der Waals surface area contributed by atoms with Crippen LogP contribution < -0.4 is 5.32 Å². The standard InChI is InChI=1S/C21H19ClF2N4O3S/c1-27-11-20(25-12-27)32(30,31)28-9-16(13-2-4-14(23)5-3-13)17(10-28)21(29)26-15-6-7-19(24)18(22)8-15/h2-8,11-12,16-17H,9-10H2,1H3,(H,26,29)/t16-,17+/m0/s1. The van der Waals surface area contributed by atoms with E-state index in [1.807, 2.05) is 0 Å². The number of aryl methyl sites for hydroxylation is 1. The number of halogens is 3. The maximum absolute atomic E-state index is 13.4. The average molecular weight is 481 g/mol. The van der Waals surface area contributed by atoms with Crippen molar-refractivity contribution in [2.75, 3.05) is 18.4 Å². The SMILES string of the molecule is Cn1cnc(S(=O)(=O)N2C[C@@H](C(=O)Nc3ccc(F)c(Cl)c3)[C@H](c3ccc(F)cc3)C2)c1. The summed E-state index contributed by atoms with van der Waals surface area (Å²) in [6.45, 7) is -0.0749. The molecular weight excluding hydrogens is 462 g/mol. The highest BCUT2D eigenvalue weighted by atomic mass is 35.5. The number of amides is 1. The van der Waals surface area contributed by atoms with Gasteiger partial charge in [-0.3, -0.25) is 4.79 Å². The molecule has 1 amide bonds. The Bertz CT molecular complexity index is 1260. The van der Waals surface area contributed by atoms with Crippen molar-refractivity contribution >= 4 is 33.2 Å². The van der Waals surface area contributed by atoms with Gasteiger partial charge in [-0.25, -0.2) is 22.2 Å². The molecular formula is C21H19ClF2N4O3S. The summed E-state index contributed by atoms with van der Waals surface area (Å²) in [6, 6.07) is 9.36. The van der Waals surface area contributed by atoms with Crippen molar-refractivity contribution in [1.82, 2.24) is 13.9 Å². The number of imidazole rings is 1. The van der Waals surface area contributed by atoms with Gasteiger partial charge in [0.25, 0.3) is 10.0 Å². The first kappa shape index (κ1) is 22.4. The Morgan fingerprint density at radius 2 is 1.88 bits per heavy atom. The number of sulfonamides is 1. The second-order valence-corrected chi connectivity index (χ2v) is 9.87. The molecule has 2 heterocycles. The van der Waals surface area contributed by atoms with Crippen LogP contribution in [0.2, 0.25) is 5.02 Å². The molecule has 0 radical (unpaired) electrons. The second kappa shape index (κ2) is 8.61. The van der Waals surface area contributed by atoms with Crippen LogP contribution in [0.25, 0.3) is 0 Å². The van der Waals surface area contributed by atoms with Crippen molar-refractivity contribution in [2.24, 2.45) is 13.0 Å². The zero-order chi connectivity index (χ0) is 23.0. The third kappa shape index (κ3) is 4.38. The summed E-state index contributed by atoms with van der Waals surface area (Å²) < 4.78 is 55.8. The fraction of sp³-hybridized carbons (Fsp3) is 0.238. The van der Waals surface area contributed by atoms with Crippen LogP contribution in [0.1, 0.15) is 11.5 Å². The van der Waals surface area contributed by atoms with Crippen LogP contribution in [0.4, 0.5) is 14.5 Å². The monoisotopic (exact) mass is 480 g/mol.